The molecule has 31 heavy (non-hydrogen) atoms. The van der Waals surface area contributed by atoms with Crippen molar-refractivity contribution in [2.75, 3.05) is 26.2 Å². The maximum absolute atomic E-state index is 13.6. The molecule has 4 nitrogen and oxygen atoms in total. The molecule has 3 aliphatic rings. The van der Waals surface area contributed by atoms with E-state index >= 15 is 0 Å². The van der Waals surface area contributed by atoms with Crippen LogP contribution in [-0.4, -0.2) is 52.9 Å². The summed E-state index contributed by atoms with van der Waals surface area (Å²) in [5.41, 5.74) is 1.86. The lowest BCUT2D eigenvalue weighted by atomic mass is 9.81. The molecular weight excluding hydrogens is 389 g/mol. The fraction of sp³-hybridized carbons (Fsp3) is 0.538. The number of nitrogens with zero attached hydrogens (tertiary/aromatic N) is 3. The number of rotatable bonds is 4. The minimum absolute atomic E-state index is 0.0998. The van der Waals surface area contributed by atoms with Crippen LogP contribution >= 0.6 is 0 Å². The van der Waals surface area contributed by atoms with Crippen molar-refractivity contribution in [1.29, 1.82) is 0 Å². The third kappa shape index (κ3) is 4.38. The number of piperidine rings is 1. The summed E-state index contributed by atoms with van der Waals surface area (Å²) in [6.07, 6.45) is 11.2. The fourth-order valence-corrected chi connectivity index (χ4v) is 6.16. The number of hydrogen-bond acceptors (Lipinski definition) is 3. The number of carbonyl (C=O) groups is 1. The van der Waals surface area contributed by atoms with Gasteiger partial charge in [0.2, 0.25) is 0 Å². The lowest BCUT2D eigenvalue weighted by molar-refractivity contribution is 0.0591. The zero-order valence-electron chi connectivity index (χ0n) is 18.1. The largest absolute Gasteiger partial charge is 0.335 e. The molecule has 1 amide bonds. The van der Waals surface area contributed by atoms with Crippen molar-refractivity contribution in [2.24, 2.45) is 11.8 Å². The van der Waals surface area contributed by atoms with E-state index in [2.05, 4.69) is 14.8 Å². The van der Waals surface area contributed by atoms with Gasteiger partial charge in [0.05, 0.1) is 0 Å². The second-order valence-electron chi connectivity index (χ2n) is 9.63. The Labute approximate surface area is 184 Å². The van der Waals surface area contributed by atoms with Gasteiger partial charge in [-0.3, -0.25) is 9.78 Å². The van der Waals surface area contributed by atoms with Gasteiger partial charge in [0.1, 0.15) is 5.82 Å². The fourth-order valence-electron chi connectivity index (χ4n) is 6.16. The van der Waals surface area contributed by atoms with Gasteiger partial charge in [0.15, 0.2) is 0 Å². The predicted octanol–water partition coefficient (Wildman–Crippen LogP) is 4.73. The van der Waals surface area contributed by atoms with E-state index in [0.29, 0.717) is 18.0 Å². The van der Waals surface area contributed by atoms with Gasteiger partial charge in [-0.1, -0.05) is 31.4 Å². The Bertz CT molecular complexity index is 881. The van der Waals surface area contributed by atoms with E-state index < -0.39 is 0 Å². The first-order valence-electron chi connectivity index (χ1n) is 11.9. The molecule has 5 heteroatoms. The van der Waals surface area contributed by atoms with Crippen LogP contribution in [0.25, 0.3) is 0 Å². The van der Waals surface area contributed by atoms with E-state index in [1.54, 1.807) is 36.7 Å². The molecule has 2 aromatic rings. The van der Waals surface area contributed by atoms with Crippen LogP contribution in [0.4, 0.5) is 4.39 Å². The van der Waals surface area contributed by atoms with Crippen LogP contribution in [-0.2, 0) is 0 Å². The number of likely N-dealkylation sites (tertiary alicyclic amines) is 2. The van der Waals surface area contributed by atoms with Crippen molar-refractivity contribution < 1.29 is 9.18 Å². The monoisotopic (exact) mass is 421 g/mol. The van der Waals surface area contributed by atoms with Crippen molar-refractivity contribution >= 4 is 5.91 Å². The Morgan fingerprint density at radius 1 is 0.968 bits per heavy atom. The first-order valence-corrected chi connectivity index (χ1v) is 11.9. The first kappa shape index (κ1) is 20.6. The highest BCUT2D eigenvalue weighted by molar-refractivity contribution is 5.94. The van der Waals surface area contributed by atoms with E-state index in [4.69, 9.17) is 0 Å². The molecular formula is C26H32FN3O. The molecule has 0 spiro atoms. The zero-order chi connectivity index (χ0) is 21.2. The van der Waals surface area contributed by atoms with E-state index in [1.165, 1.54) is 38.6 Å². The van der Waals surface area contributed by atoms with E-state index in [1.807, 2.05) is 12.1 Å². The molecule has 1 aromatic heterocycles. The summed E-state index contributed by atoms with van der Waals surface area (Å²) in [6, 6.07) is 10.8. The van der Waals surface area contributed by atoms with Gasteiger partial charge >= 0.3 is 0 Å². The summed E-state index contributed by atoms with van der Waals surface area (Å²) in [5.74, 6) is 1.37. The number of hydrogen-bond donors (Lipinski definition) is 0. The predicted molar refractivity (Wildman–Crippen MR) is 119 cm³/mol. The third-order valence-corrected chi connectivity index (χ3v) is 7.74. The first-order chi connectivity index (χ1) is 15.2. The van der Waals surface area contributed by atoms with E-state index in [0.717, 1.165) is 31.0 Å². The maximum atomic E-state index is 13.6. The Hall–Kier alpha value is -2.27. The highest BCUT2D eigenvalue weighted by atomic mass is 19.1. The molecule has 2 saturated heterocycles. The van der Waals surface area contributed by atoms with Crippen molar-refractivity contribution in [3.8, 4) is 0 Å². The second kappa shape index (κ2) is 9.07. The zero-order valence-corrected chi connectivity index (χ0v) is 18.1. The number of benzene rings is 1. The third-order valence-electron chi connectivity index (χ3n) is 7.74. The van der Waals surface area contributed by atoms with Gasteiger partial charge in [-0.25, -0.2) is 4.39 Å². The van der Waals surface area contributed by atoms with Crippen LogP contribution < -0.4 is 0 Å². The van der Waals surface area contributed by atoms with Crippen molar-refractivity contribution in [2.45, 2.75) is 50.5 Å². The SMILES string of the molecule is O=C(c1ccncc1)N1C[C@@H](c2ccc(F)cc2)[C@@H]2CN(CC3CCCCC3)CC[C@@H]21. The Kier molecular flexibility index (Phi) is 6.04. The Morgan fingerprint density at radius 2 is 1.71 bits per heavy atom. The van der Waals surface area contributed by atoms with Crippen molar-refractivity contribution in [3.05, 3.63) is 65.7 Å². The van der Waals surface area contributed by atoms with Crippen LogP contribution in [0.3, 0.4) is 0 Å². The summed E-state index contributed by atoms with van der Waals surface area (Å²) in [4.78, 5) is 22.2. The minimum atomic E-state index is -0.203. The van der Waals surface area contributed by atoms with E-state index in [-0.39, 0.29) is 23.7 Å². The standard InChI is InChI=1S/C26H32FN3O/c27-22-8-6-20(7-9-22)23-18-30(26(31)21-10-13-28-14-11-21)25-12-15-29(17-24(23)25)16-19-4-2-1-3-5-19/h6-11,13-14,19,23-25H,1-5,12,15-18H2/t23-,24-,25-/m0/s1. The lowest BCUT2D eigenvalue weighted by Crippen LogP contribution is -2.49. The summed E-state index contributed by atoms with van der Waals surface area (Å²) in [7, 11) is 0. The van der Waals surface area contributed by atoms with Crippen LogP contribution in [0.15, 0.2) is 48.8 Å². The average molecular weight is 422 g/mol. The molecule has 3 heterocycles. The van der Waals surface area contributed by atoms with Crippen LogP contribution in [0, 0.1) is 17.7 Å². The number of pyridine rings is 1. The Morgan fingerprint density at radius 3 is 2.45 bits per heavy atom. The molecule has 164 valence electrons. The van der Waals surface area contributed by atoms with Crippen LogP contribution in [0.5, 0.6) is 0 Å². The molecule has 1 aromatic carbocycles. The average Bonchev–Trinajstić information content (AvgIpc) is 3.19. The molecule has 0 bridgehead atoms. The molecule has 1 saturated carbocycles. The van der Waals surface area contributed by atoms with E-state index in [9.17, 15) is 9.18 Å². The number of aromatic nitrogens is 1. The molecule has 2 aliphatic heterocycles. The number of carbonyl (C=O) groups excluding carboxylic acids is 1. The van der Waals surface area contributed by atoms with Gasteiger partial charge in [-0.05, 0) is 55.0 Å². The highest BCUT2D eigenvalue weighted by Crippen LogP contribution is 2.42. The summed E-state index contributed by atoms with van der Waals surface area (Å²) >= 11 is 0. The quantitative estimate of drug-likeness (QED) is 0.716. The molecule has 5 rings (SSSR count). The topological polar surface area (TPSA) is 36.4 Å². The maximum Gasteiger partial charge on any atom is 0.254 e. The molecule has 3 atom stereocenters. The summed E-state index contributed by atoms with van der Waals surface area (Å²) < 4.78 is 13.6. The smallest absolute Gasteiger partial charge is 0.254 e. The van der Waals surface area contributed by atoms with Crippen LogP contribution in [0.2, 0.25) is 0 Å². The van der Waals surface area contributed by atoms with Crippen LogP contribution in [0.1, 0.15) is 60.4 Å². The molecule has 1 aliphatic carbocycles. The lowest BCUT2D eigenvalue weighted by Gasteiger charge is -2.40. The van der Waals surface area contributed by atoms with Crippen molar-refractivity contribution in [3.63, 3.8) is 0 Å². The summed E-state index contributed by atoms with van der Waals surface area (Å²) in [5, 5.41) is 0. The molecule has 0 unspecified atom stereocenters. The molecule has 3 fully saturated rings. The summed E-state index contributed by atoms with van der Waals surface area (Å²) in [6.45, 7) is 3.99. The highest BCUT2D eigenvalue weighted by Gasteiger charge is 2.47. The van der Waals surface area contributed by atoms with Gasteiger partial charge in [0.25, 0.3) is 5.91 Å². The van der Waals surface area contributed by atoms with Gasteiger partial charge < -0.3 is 9.80 Å². The van der Waals surface area contributed by atoms with Crippen molar-refractivity contribution in [1.82, 2.24) is 14.8 Å². The molecule has 0 N–H and O–H groups in total. The second-order valence-corrected chi connectivity index (χ2v) is 9.63. The van der Waals surface area contributed by atoms with Gasteiger partial charge in [-0.2, -0.15) is 0 Å². The number of amides is 1. The number of fused-ring (bicyclic) bond motifs is 1. The minimum Gasteiger partial charge on any atom is -0.335 e. The Balaban J connectivity index is 1.37. The van der Waals surface area contributed by atoms with Gasteiger partial charge in [0, 0.05) is 62.0 Å². The van der Waals surface area contributed by atoms with Gasteiger partial charge in [-0.15, -0.1) is 0 Å². The normalized spacial score (nSPS) is 27.3. The molecule has 0 radical (unpaired) electrons. The number of halogens is 1.